The third-order valence-corrected chi connectivity index (χ3v) is 3.01. The molecule has 1 rings (SSSR count). The molecule has 0 fully saturated rings. The van der Waals surface area contributed by atoms with Gasteiger partial charge in [-0.15, -0.1) is 0 Å². The molecule has 0 saturated heterocycles. The van der Waals surface area contributed by atoms with Crippen LogP contribution in [0, 0.1) is 5.92 Å². The van der Waals surface area contributed by atoms with E-state index in [1.165, 1.54) is 0 Å². The van der Waals surface area contributed by atoms with Gasteiger partial charge in [0.2, 0.25) is 0 Å². The highest BCUT2D eigenvalue weighted by Gasteiger charge is 2.13. The van der Waals surface area contributed by atoms with E-state index in [9.17, 15) is 9.90 Å². The van der Waals surface area contributed by atoms with Gasteiger partial charge in [0.15, 0.2) is 0 Å². The lowest BCUT2D eigenvalue weighted by atomic mass is 10.1. The highest BCUT2D eigenvalue weighted by atomic mass is 35.5. The smallest absolute Gasteiger partial charge is 0.314 e. The number of carbonyl (C=O) groups is 1. The van der Waals surface area contributed by atoms with Crippen LogP contribution in [0.2, 0.25) is 10.0 Å². The topological polar surface area (TPSA) is 61.4 Å². The van der Waals surface area contributed by atoms with Crippen LogP contribution in [0.15, 0.2) is 18.2 Å². The SMILES string of the molecule is CC(C)CNC(=O)NCC(O)c1ccc(Cl)cc1Cl. The summed E-state index contributed by atoms with van der Waals surface area (Å²) < 4.78 is 0. The van der Waals surface area contributed by atoms with E-state index in [0.717, 1.165) is 0 Å². The molecule has 0 aliphatic rings. The van der Waals surface area contributed by atoms with Crippen LogP contribution in [-0.2, 0) is 0 Å². The predicted octanol–water partition coefficient (Wildman–Crippen LogP) is 2.98. The average molecular weight is 305 g/mol. The molecule has 0 radical (unpaired) electrons. The van der Waals surface area contributed by atoms with E-state index in [2.05, 4.69) is 10.6 Å². The zero-order chi connectivity index (χ0) is 14.4. The Labute approximate surface area is 123 Å². The number of hydrogen-bond acceptors (Lipinski definition) is 2. The second-order valence-corrected chi connectivity index (χ2v) is 5.51. The number of urea groups is 1. The summed E-state index contributed by atoms with van der Waals surface area (Å²) in [6.45, 7) is 4.68. The molecule has 3 N–H and O–H groups in total. The molecule has 1 unspecified atom stereocenters. The van der Waals surface area contributed by atoms with Crippen LogP contribution < -0.4 is 10.6 Å². The molecule has 1 atom stereocenters. The molecule has 0 bridgehead atoms. The highest BCUT2D eigenvalue weighted by Crippen LogP contribution is 2.25. The van der Waals surface area contributed by atoms with Gasteiger partial charge in [0, 0.05) is 28.7 Å². The molecule has 0 heterocycles. The first-order valence-corrected chi connectivity index (χ1v) is 6.80. The minimum atomic E-state index is -0.866. The maximum atomic E-state index is 11.4. The zero-order valence-electron chi connectivity index (χ0n) is 10.9. The fraction of sp³-hybridized carbons (Fsp3) is 0.462. The third kappa shape index (κ3) is 5.68. The van der Waals surface area contributed by atoms with Crippen LogP contribution in [0.5, 0.6) is 0 Å². The van der Waals surface area contributed by atoms with Crippen LogP contribution in [0.3, 0.4) is 0 Å². The molecule has 19 heavy (non-hydrogen) atoms. The van der Waals surface area contributed by atoms with Crippen molar-refractivity contribution in [1.82, 2.24) is 10.6 Å². The number of halogens is 2. The molecule has 1 aromatic carbocycles. The summed E-state index contributed by atoms with van der Waals surface area (Å²) in [6, 6.07) is 4.53. The first-order valence-electron chi connectivity index (χ1n) is 6.05. The summed E-state index contributed by atoms with van der Waals surface area (Å²) in [5.41, 5.74) is 0.537. The summed E-state index contributed by atoms with van der Waals surface area (Å²) in [4.78, 5) is 11.4. The van der Waals surface area contributed by atoms with Gasteiger partial charge in [-0.05, 0) is 18.1 Å². The van der Waals surface area contributed by atoms with Crippen LogP contribution >= 0.6 is 23.2 Å². The number of nitrogens with one attached hydrogen (secondary N) is 2. The van der Waals surface area contributed by atoms with Gasteiger partial charge in [0.05, 0.1) is 6.10 Å². The van der Waals surface area contributed by atoms with E-state index < -0.39 is 6.10 Å². The van der Waals surface area contributed by atoms with E-state index in [1.54, 1.807) is 18.2 Å². The second-order valence-electron chi connectivity index (χ2n) is 4.67. The van der Waals surface area contributed by atoms with Crippen molar-refractivity contribution in [2.24, 2.45) is 5.92 Å². The normalized spacial score (nSPS) is 12.3. The van der Waals surface area contributed by atoms with Crippen molar-refractivity contribution in [3.8, 4) is 0 Å². The Morgan fingerprint density at radius 2 is 1.89 bits per heavy atom. The molecule has 4 nitrogen and oxygen atoms in total. The highest BCUT2D eigenvalue weighted by molar-refractivity contribution is 6.35. The Morgan fingerprint density at radius 3 is 2.47 bits per heavy atom. The summed E-state index contributed by atoms with van der Waals surface area (Å²) in [5, 5.41) is 16.1. The van der Waals surface area contributed by atoms with Gasteiger partial charge >= 0.3 is 6.03 Å². The molecule has 0 saturated carbocycles. The average Bonchev–Trinajstić information content (AvgIpc) is 2.33. The van der Waals surface area contributed by atoms with Crippen LogP contribution in [0.4, 0.5) is 4.79 Å². The Hall–Kier alpha value is -0.970. The number of amides is 2. The molecule has 0 aromatic heterocycles. The van der Waals surface area contributed by atoms with E-state index in [-0.39, 0.29) is 12.6 Å². The first kappa shape index (κ1) is 16.1. The van der Waals surface area contributed by atoms with Gasteiger partial charge in [0.25, 0.3) is 0 Å². The van der Waals surface area contributed by atoms with Gasteiger partial charge in [-0.2, -0.15) is 0 Å². The molecule has 0 aliphatic carbocycles. The van der Waals surface area contributed by atoms with Crippen molar-refractivity contribution >= 4 is 29.2 Å². The number of aliphatic hydroxyl groups excluding tert-OH is 1. The van der Waals surface area contributed by atoms with Gasteiger partial charge in [-0.1, -0.05) is 43.1 Å². The zero-order valence-corrected chi connectivity index (χ0v) is 12.4. The molecule has 0 aliphatic heterocycles. The van der Waals surface area contributed by atoms with Gasteiger partial charge < -0.3 is 15.7 Å². The molecule has 6 heteroatoms. The van der Waals surface area contributed by atoms with Crippen LogP contribution in [-0.4, -0.2) is 24.2 Å². The number of benzene rings is 1. The van der Waals surface area contributed by atoms with Gasteiger partial charge in [-0.25, -0.2) is 4.79 Å². The number of aliphatic hydroxyl groups is 1. The van der Waals surface area contributed by atoms with Crippen molar-refractivity contribution in [3.63, 3.8) is 0 Å². The summed E-state index contributed by atoms with van der Waals surface area (Å²) in [7, 11) is 0. The van der Waals surface area contributed by atoms with Crippen LogP contribution in [0.25, 0.3) is 0 Å². The van der Waals surface area contributed by atoms with Crippen molar-refractivity contribution in [1.29, 1.82) is 0 Å². The maximum Gasteiger partial charge on any atom is 0.314 e. The Kier molecular flexibility index (Phi) is 6.42. The van der Waals surface area contributed by atoms with Gasteiger partial charge in [-0.3, -0.25) is 0 Å². The van der Waals surface area contributed by atoms with Gasteiger partial charge in [0.1, 0.15) is 0 Å². The third-order valence-electron chi connectivity index (χ3n) is 2.45. The first-order chi connectivity index (χ1) is 8.90. The van der Waals surface area contributed by atoms with Crippen molar-refractivity contribution in [2.75, 3.05) is 13.1 Å². The lowest BCUT2D eigenvalue weighted by molar-refractivity contribution is 0.173. The lowest BCUT2D eigenvalue weighted by Gasteiger charge is -2.15. The number of rotatable bonds is 5. The van der Waals surface area contributed by atoms with E-state index in [4.69, 9.17) is 23.2 Å². The Bertz CT molecular complexity index is 439. The maximum absolute atomic E-state index is 11.4. The minimum absolute atomic E-state index is 0.0886. The standard InChI is InChI=1S/C13H18Cl2N2O2/c1-8(2)6-16-13(19)17-7-12(18)10-4-3-9(14)5-11(10)15/h3-5,8,12,18H,6-7H2,1-2H3,(H2,16,17,19). The number of hydrogen-bond donors (Lipinski definition) is 3. The Morgan fingerprint density at radius 1 is 1.26 bits per heavy atom. The fourth-order valence-electron chi connectivity index (χ4n) is 1.43. The Balaban J connectivity index is 2.46. The van der Waals surface area contributed by atoms with E-state index in [0.29, 0.717) is 28.1 Å². The number of carbonyl (C=O) groups excluding carboxylic acids is 1. The second kappa shape index (κ2) is 7.58. The summed E-state index contributed by atoms with van der Waals surface area (Å²) >= 11 is 11.7. The molecule has 0 spiro atoms. The molecule has 106 valence electrons. The van der Waals surface area contributed by atoms with Crippen molar-refractivity contribution in [2.45, 2.75) is 20.0 Å². The fourth-order valence-corrected chi connectivity index (χ4v) is 1.96. The largest absolute Gasteiger partial charge is 0.387 e. The van der Waals surface area contributed by atoms with Crippen molar-refractivity contribution < 1.29 is 9.90 Å². The lowest BCUT2D eigenvalue weighted by Crippen LogP contribution is -2.39. The monoisotopic (exact) mass is 304 g/mol. The van der Waals surface area contributed by atoms with Crippen LogP contribution in [0.1, 0.15) is 25.5 Å². The van der Waals surface area contributed by atoms with Crippen molar-refractivity contribution in [3.05, 3.63) is 33.8 Å². The molecular weight excluding hydrogens is 287 g/mol. The summed E-state index contributed by atoms with van der Waals surface area (Å²) in [6.07, 6.45) is -0.866. The van der Waals surface area contributed by atoms with E-state index >= 15 is 0 Å². The predicted molar refractivity (Wildman–Crippen MR) is 77.7 cm³/mol. The minimum Gasteiger partial charge on any atom is -0.387 e. The molecule has 2 amide bonds. The quantitative estimate of drug-likeness (QED) is 0.783. The molecule has 1 aromatic rings. The van der Waals surface area contributed by atoms with E-state index in [1.807, 2.05) is 13.8 Å². The molecular formula is C13H18Cl2N2O2. The summed E-state index contributed by atoms with van der Waals surface area (Å²) in [5.74, 6) is 0.376.